The molecule has 1 aliphatic heterocycles. The molecule has 140 valence electrons. The number of benzene rings is 1. The second-order valence-corrected chi connectivity index (χ2v) is 7.50. The normalized spacial score (nSPS) is 17.7. The van der Waals surface area contributed by atoms with Gasteiger partial charge in [0.15, 0.2) is 11.7 Å². The molecule has 1 aliphatic rings. The van der Waals surface area contributed by atoms with E-state index < -0.39 is 0 Å². The van der Waals surface area contributed by atoms with Crippen LogP contribution >= 0.6 is 11.3 Å². The van der Waals surface area contributed by atoms with E-state index in [0.29, 0.717) is 10.9 Å². The summed E-state index contributed by atoms with van der Waals surface area (Å²) in [6, 6.07) is 7.13. The van der Waals surface area contributed by atoms with E-state index in [2.05, 4.69) is 22.1 Å². The number of hydrogen-bond donors (Lipinski definition) is 1. The summed E-state index contributed by atoms with van der Waals surface area (Å²) in [7, 11) is 1.61. The summed E-state index contributed by atoms with van der Waals surface area (Å²) < 4.78 is 10.6. The van der Waals surface area contributed by atoms with Crippen LogP contribution in [0.25, 0.3) is 0 Å². The van der Waals surface area contributed by atoms with Gasteiger partial charge in [0, 0.05) is 18.5 Å². The summed E-state index contributed by atoms with van der Waals surface area (Å²) in [6.45, 7) is 5.33. The van der Waals surface area contributed by atoms with Gasteiger partial charge >= 0.3 is 0 Å². The Hall–Kier alpha value is -2.12. The maximum absolute atomic E-state index is 12.0. The summed E-state index contributed by atoms with van der Waals surface area (Å²) in [5.41, 5.74) is 1.01. The van der Waals surface area contributed by atoms with Crippen molar-refractivity contribution in [2.24, 2.45) is 5.92 Å². The Labute approximate surface area is 158 Å². The van der Waals surface area contributed by atoms with Crippen LogP contribution in [0.5, 0.6) is 11.5 Å². The number of methoxy groups -OCH3 is 1. The van der Waals surface area contributed by atoms with Crippen molar-refractivity contribution in [2.45, 2.75) is 26.3 Å². The summed E-state index contributed by atoms with van der Waals surface area (Å²) in [5.74, 6) is 1.91. The lowest BCUT2D eigenvalue weighted by Gasteiger charge is -2.30. The Morgan fingerprint density at radius 3 is 2.85 bits per heavy atom. The third-order valence-electron chi connectivity index (χ3n) is 4.35. The van der Waals surface area contributed by atoms with Crippen molar-refractivity contribution < 1.29 is 14.3 Å². The predicted octanol–water partition coefficient (Wildman–Crippen LogP) is 3.40. The highest BCUT2D eigenvalue weighted by Gasteiger charge is 2.17. The molecule has 26 heavy (non-hydrogen) atoms. The van der Waals surface area contributed by atoms with Crippen molar-refractivity contribution >= 4 is 22.4 Å². The number of thiazole rings is 1. The standard InChI is InChI=1S/C19H25N3O3S/c1-14-4-3-9-22(10-14)11-15-13-26-19(20-15)21-18(23)12-25-17-7-5-16(24-2)6-8-17/h5-8,13-14H,3-4,9-12H2,1-2H3,(H,20,21,23). The molecule has 1 atom stereocenters. The van der Waals surface area contributed by atoms with Crippen molar-refractivity contribution in [3.8, 4) is 11.5 Å². The van der Waals surface area contributed by atoms with Gasteiger partial charge in [0.25, 0.3) is 5.91 Å². The fraction of sp³-hybridized carbons (Fsp3) is 0.474. The molecule has 1 aromatic carbocycles. The first-order valence-corrected chi connectivity index (χ1v) is 9.74. The zero-order valence-corrected chi connectivity index (χ0v) is 16.1. The van der Waals surface area contributed by atoms with Gasteiger partial charge in [0.1, 0.15) is 11.5 Å². The average Bonchev–Trinajstić information content (AvgIpc) is 3.07. The van der Waals surface area contributed by atoms with Gasteiger partial charge in [0.05, 0.1) is 12.8 Å². The van der Waals surface area contributed by atoms with Crippen molar-refractivity contribution in [3.05, 3.63) is 35.3 Å². The van der Waals surface area contributed by atoms with E-state index in [1.165, 1.54) is 24.2 Å². The zero-order chi connectivity index (χ0) is 18.4. The number of likely N-dealkylation sites (tertiary alicyclic amines) is 1. The molecular formula is C19H25N3O3S. The van der Waals surface area contributed by atoms with Crippen LogP contribution in [0.15, 0.2) is 29.6 Å². The zero-order valence-electron chi connectivity index (χ0n) is 15.2. The van der Waals surface area contributed by atoms with Gasteiger partial charge in [-0.05, 0) is 49.6 Å². The van der Waals surface area contributed by atoms with Gasteiger partial charge in [-0.25, -0.2) is 4.98 Å². The van der Waals surface area contributed by atoms with Crippen LogP contribution in [0.3, 0.4) is 0 Å². The number of ether oxygens (including phenoxy) is 2. The highest BCUT2D eigenvalue weighted by molar-refractivity contribution is 7.13. The lowest BCUT2D eigenvalue weighted by molar-refractivity contribution is -0.118. The molecule has 1 fully saturated rings. The maximum Gasteiger partial charge on any atom is 0.264 e. The number of nitrogens with one attached hydrogen (secondary N) is 1. The minimum absolute atomic E-state index is 0.0507. The van der Waals surface area contributed by atoms with Crippen LogP contribution in [0.4, 0.5) is 5.13 Å². The van der Waals surface area contributed by atoms with Crippen molar-refractivity contribution in [3.63, 3.8) is 0 Å². The smallest absolute Gasteiger partial charge is 0.264 e. The van der Waals surface area contributed by atoms with E-state index in [1.807, 2.05) is 5.38 Å². The number of aromatic nitrogens is 1. The summed E-state index contributed by atoms with van der Waals surface area (Å²) in [5, 5.41) is 5.43. The fourth-order valence-electron chi connectivity index (χ4n) is 3.07. The first-order valence-electron chi connectivity index (χ1n) is 8.86. The molecular weight excluding hydrogens is 350 g/mol. The number of carbonyl (C=O) groups excluding carboxylic acids is 1. The van der Waals surface area contributed by atoms with E-state index in [0.717, 1.165) is 37.0 Å². The second-order valence-electron chi connectivity index (χ2n) is 6.64. The first kappa shape index (κ1) is 18.7. The molecule has 0 radical (unpaired) electrons. The second kappa shape index (κ2) is 9.00. The molecule has 1 saturated heterocycles. The van der Waals surface area contributed by atoms with Crippen LogP contribution in [-0.4, -0.2) is 42.6 Å². The third kappa shape index (κ3) is 5.44. The van der Waals surface area contributed by atoms with Crippen molar-refractivity contribution in [2.75, 3.05) is 32.1 Å². The Kier molecular flexibility index (Phi) is 6.46. The van der Waals surface area contributed by atoms with Gasteiger partial charge < -0.3 is 9.47 Å². The number of hydrogen-bond acceptors (Lipinski definition) is 6. The largest absolute Gasteiger partial charge is 0.497 e. The number of anilines is 1. The number of rotatable bonds is 7. The molecule has 1 N–H and O–H groups in total. The van der Waals surface area contributed by atoms with Crippen molar-refractivity contribution in [1.82, 2.24) is 9.88 Å². The summed E-state index contributed by atoms with van der Waals surface area (Å²) >= 11 is 1.45. The monoisotopic (exact) mass is 375 g/mol. The van der Waals surface area contributed by atoms with Crippen LogP contribution < -0.4 is 14.8 Å². The summed E-state index contributed by atoms with van der Waals surface area (Å²) in [4.78, 5) is 19.0. The van der Waals surface area contributed by atoms with E-state index in [-0.39, 0.29) is 12.5 Å². The molecule has 1 amide bonds. The molecule has 3 rings (SSSR count). The van der Waals surface area contributed by atoms with Crippen LogP contribution in [0, 0.1) is 5.92 Å². The Balaban J connectivity index is 1.44. The van der Waals surface area contributed by atoms with E-state index >= 15 is 0 Å². The highest BCUT2D eigenvalue weighted by Crippen LogP contribution is 2.21. The first-order chi connectivity index (χ1) is 12.6. The Morgan fingerprint density at radius 2 is 2.12 bits per heavy atom. The Bertz CT molecular complexity index is 717. The Morgan fingerprint density at radius 1 is 1.35 bits per heavy atom. The number of amides is 1. The van der Waals surface area contributed by atoms with Crippen LogP contribution in [-0.2, 0) is 11.3 Å². The molecule has 1 aromatic heterocycles. The molecule has 7 heteroatoms. The maximum atomic E-state index is 12.0. The molecule has 0 saturated carbocycles. The molecule has 6 nitrogen and oxygen atoms in total. The van der Waals surface area contributed by atoms with Gasteiger partial charge in [-0.1, -0.05) is 6.92 Å². The molecule has 2 aromatic rings. The third-order valence-corrected chi connectivity index (χ3v) is 5.16. The van der Waals surface area contributed by atoms with Crippen LogP contribution in [0.1, 0.15) is 25.5 Å². The van der Waals surface area contributed by atoms with Gasteiger partial charge in [-0.3, -0.25) is 15.0 Å². The number of nitrogens with zero attached hydrogens (tertiary/aromatic N) is 2. The molecule has 0 aliphatic carbocycles. The summed E-state index contributed by atoms with van der Waals surface area (Å²) in [6.07, 6.45) is 2.56. The molecule has 0 bridgehead atoms. The van der Waals surface area contributed by atoms with Crippen molar-refractivity contribution in [1.29, 1.82) is 0 Å². The lowest BCUT2D eigenvalue weighted by Crippen LogP contribution is -2.33. The predicted molar refractivity (Wildman–Crippen MR) is 103 cm³/mol. The fourth-order valence-corrected chi connectivity index (χ4v) is 3.79. The number of carbonyl (C=O) groups is 1. The van der Waals surface area contributed by atoms with E-state index in [9.17, 15) is 4.79 Å². The minimum Gasteiger partial charge on any atom is -0.497 e. The average molecular weight is 375 g/mol. The van der Waals surface area contributed by atoms with E-state index in [1.54, 1.807) is 31.4 Å². The minimum atomic E-state index is -0.215. The SMILES string of the molecule is COc1ccc(OCC(=O)Nc2nc(CN3CCCC(C)C3)cs2)cc1. The highest BCUT2D eigenvalue weighted by atomic mass is 32.1. The lowest BCUT2D eigenvalue weighted by atomic mass is 10.0. The topological polar surface area (TPSA) is 63.7 Å². The molecule has 2 heterocycles. The molecule has 1 unspecified atom stereocenters. The number of piperidine rings is 1. The molecule has 0 spiro atoms. The van der Waals surface area contributed by atoms with E-state index in [4.69, 9.17) is 9.47 Å². The van der Waals surface area contributed by atoms with Gasteiger partial charge in [-0.2, -0.15) is 0 Å². The quantitative estimate of drug-likeness (QED) is 0.804. The van der Waals surface area contributed by atoms with Crippen LogP contribution in [0.2, 0.25) is 0 Å². The van der Waals surface area contributed by atoms with Gasteiger partial charge in [0.2, 0.25) is 0 Å². The van der Waals surface area contributed by atoms with Gasteiger partial charge in [-0.15, -0.1) is 11.3 Å².